The summed E-state index contributed by atoms with van der Waals surface area (Å²) in [5, 5.41) is 14.2. The van der Waals surface area contributed by atoms with Crippen LogP contribution in [0.1, 0.15) is 16.7 Å². The van der Waals surface area contributed by atoms with Gasteiger partial charge in [0, 0.05) is 18.8 Å². The minimum absolute atomic E-state index is 0.182. The number of carboxylic acids is 1. The standard InChI is InChI=1S/C20H21N3O4/c24-18(22-17-8-4-3-6-15(17)11-19(25)26)12-21-20(27)23-10-9-14-5-1-2-7-16(14)13-23/h1-8H,9-13H2,(H,21,27)(H,22,24)(H,25,26). The molecule has 2 aromatic rings. The van der Waals surface area contributed by atoms with Crippen molar-refractivity contribution in [1.82, 2.24) is 10.2 Å². The Balaban J connectivity index is 1.53. The first-order chi connectivity index (χ1) is 13.0. The number of aliphatic carboxylic acids is 1. The van der Waals surface area contributed by atoms with Gasteiger partial charge < -0.3 is 20.6 Å². The van der Waals surface area contributed by atoms with Gasteiger partial charge in [-0.15, -0.1) is 0 Å². The van der Waals surface area contributed by atoms with Crippen molar-refractivity contribution in [3.05, 3.63) is 65.2 Å². The van der Waals surface area contributed by atoms with Crippen molar-refractivity contribution in [2.24, 2.45) is 0 Å². The van der Waals surface area contributed by atoms with E-state index in [0.717, 1.165) is 12.0 Å². The maximum Gasteiger partial charge on any atom is 0.318 e. The number of nitrogens with one attached hydrogen (secondary N) is 2. The van der Waals surface area contributed by atoms with Gasteiger partial charge in [-0.05, 0) is 29.2 Å². The minimum Gasteiger partial charge on any atom is -0.481 e. The number of para-hydroxylation sites is 1. The van der Waals surface area contributed by atoms with Crippen LogP contribution in [0, 0.1) is 0 Å². The number of anilines is 1. The smallest absolute Gasteiger partial charge is 0.318 e. The third-order valence-corrected chi connectivity index (χ3v) is 4.45. The van der Waals surface area contributed by atoms with Gasteiger partial charge >= 0.3 is 12.0 Å². The van der Waals surface area contributed by atoms with E-state index in [0.29, 0.717) is 24.3 Å². The second-order valence-electron chi connectivity index (χ2n) is 6.37. The molecule has 3 N–H and O–H groups in total. The summed E-state index contributed by atoms with van der Waals surface area (Å²) in [5.74, 6) is -1.38. The number of carbonyl (C=O) groups is 3. The fourth-order valence-electron chi connectivity index (χ4n) is 3.09. The number of hydrogen-bond donors (Lipinski definition) is 3. The van der Waals surface area contributed by atoms with Gasteiger partial charge in [0.15, 0.2) is 0 Å². The molecule has 140 valence electrons. The van der Waals surface area contributed by atoms with Crippen molar-refractivity contribution in [3.8, 4) is 0 Å². The van der Waals surface area contributed by atoms with Crippen LogP contribution in [0.15, 0.2) is 48.5 Å². The van der Waals surface area contributed by atoms with E-state index in [1.807, 2.05) is 18.2 Å². The Kier molecular flexibility index (Phi) is 5.71. The molecule has 0 atom stereocenters. The molecule has 0 spiro atoms. The molecular weight excluding hydrogens is 346 g/mol. The van der Waals surface area contributed by atoms with Crippen LogP contribution in [-0.4, -0.2) is 41.0 Å². The molecule has 0 saturated heterocycles. The fraction of sp³-hybridized carbons (Fsp3) is 0.250. The van der Waals surface area contributed by atoms with Crippen LogP contribution in [-0.2, 0) is 29.0 Å². The maximum atomic E-state index is 12.3. The highest BCUT2D eigenvalue weighted by atomic mass is 16.4. The minimum atomic E-state index is -0.976. The molecule has 0 radical (unpaired) electrons. The van der Waals surface area contributed by atoms with E-state index in [2.05, 4.69) is 16.7 Å². The monoisotopic (exact) mass is 367 g/mol. The molecule has 7 nitrogen and oxygen atoms in total. The normalized spacial score (nSPS) is 12.8. The lowest BCUT2D eigenvalue weighted by Gasteiger charge is -2.28. The van der Waals surface area contributed by atoms with Crippen molar-refractivity contribution >= 4 is 23.6 Å². The molecule has 27 heavy (non-hydrogen) atoms. The Morgan fingerprint density at radius 1 is 1.00 bits per heavy atom. The molecule has 0 aliphatic carbocycles. The van der Waals surface area contributed by atoms with E-state index in [-0.39, 0.29) is 19.0 Å². The zero-order valence-electron chi connectivity index (χ0n) is 14.8. The Labute approximate surface area is 157 Å². The highest BCUT2D eigenvalue weighted by Crippen LogP contribution is 2.18. The van der Waals surface area contributed by atoms with Crippen molar-refractivity contribution in [2.75, 3.05) is 18.4 Å². The van der Waals surface area contributed by atoms with Gasteiger partial charge in [0.25, 0.3) is 0 Å². The predicted molar refractivity (Wildman–Crippen MR) is 100 cm³/mol. The van der Waals surface area contributed by atoms with Gasteiger partial charge in [-0.3, -0.25) is 9.59 Å². The van der Waals surface area contributed by atoms with Crippen LogP contribution in [0.3, 0.4) is 0 Å². The second-order valence-corrected chi connectivity index (χ2v) is 6.37. The molecule has 3 amide bonds. The number of urea groups is 1. The zero-order valence-corrected chi connectivity index (χ0v) is 14.8. The number of fused-ring (bicyclic) bond motifs is 1. The van der Waals surface area contributed by atoms with Crippen molar-refractivity contribution in [2.45, 2.75) is 19.4 Å². The molecule has 3 rings (SSSR count). The fourth-order valence-corrected chi connectivity index (χ4v) is 3.09. The van der Waals surface area contributed by atoms with Crippen molar-refractivity contribution < 1.29 is 19.5 Å². The van der Waals surface area contributed by atoms with E-state index in [1.165, 1.54) is 5.56 Å². The van der Waals surface area contributed by atoms with E-state index < -0.39 is 11.9 Å². The Morgan fingerprint density at radius 2 is 1.70 bits per heavy atom. The zero-order chi connectivity index (χ0) is 19.2. The van der Waals surface area contributed by atoms with E-state index in [4.69, 9.17) is 5.11 Å². The predicted octanol–water partition coefficient (Wildman–Crippen LogP) is 2.02. The average molecular weight is 367 g/mol. The highest BCUT2D eigenvalue weighted by molar-refractivity contribution is 5.95. The number of benzene rings is 2. The quantitative estimate of drug-likeness (QED) is 0.753. The molecule has 0 unspecified atom stereocenters. The second kappa shape index (κ2) is 8.35. The van der Waals surface area contributed by atoms with Gasteiger partial charge in [0.2, 0.25) is 5.91 Å². The summed E-state index contributed by atoms with van der Waals surface area (Å²) in [4.78, 5) is 37.1. The van der Waals surface area contributed by atoms with Gasteiger partial charge in [0.05, 0.1) is 13.0 Å². The van der Waals surface area contributed by atoms with E-state index in [1.54, 1.807) is 29.2 Å². The topological polar surface area (TPSA) is 98.7 Å². The maximum absolute atomic E-state index is 12.3. The number of nitrogens with zero attached hydrogens (tertiary/aromatic N) is 1. The van der Waals surface area contributed by atoms with Crippen LogP contribution >= 0.6 is 0 Å². The molecule has 7 heteroatoms. The molecule has 0 bridgehead atoms. The van der Waals surface area contributed by atoms with Crippen LogP contribution in [0.4, 0.5) is 10.5 Å². The number of carbonyl (C=O) groups excluding carboxylic acids is 2. The summed E-state index contributed by atoms with van der Waals surface area (Å²) in [7, 11) is 0. The van der Waals surface area contributed by atoms with Crippen molar-refractivity contribution in [1.29, 1.82) is 0 Å². The summed E-state index contributed by atoms with van der Waals surface area (Å²) >= 11 is 0. The summed E-state index contributed by atoms with van der Waals surface area (Å²) in [5.41, 5.74) is 3.31. The van der Waals surface area contributed by atoms with Crippen LogP contribution in [0.25, 0.3) is 0 Å². The molecule has 2 aromatic carbocycles. The van der Waals surface area contributed by atoms with Crippen molar-refractivity contribution in [3.63, 3.8) is 0 Å². The third kappa shape index (κ3) is 4.84. The summed E-state index contributed by atoms with van der Waals surface area (Å²) in [6.45, 7) is 0.940. The number of hydrogen-bond acceptors (Lipinski definition) is 3. The molecular formula is C20H21N3O4. The summed E-state index contributed by atoms with van der Waals surface area (Å²) in [6.07, 6.45) is 0.606. The first kappa shape index (κ1) is 18.4. The number of carboxylic acid groups (broad SMARTS) is 1. The molecule has 0 aromatic heterocycles. The molecule has 1 heterocycles. The third-order valence-electron chi connectivity index (χ3n) is 4.45. The summed E-state index contributed by atoms with van der Waals surface area (Å²) < 4.78 is 0. The lowest BCUT2D eigenvalue weighted by Crippen LogP contribution is -2.45. The van der Waals surface area contributed by atoms with Crippen LogP contribution in [0.5, 0.6) is 0 Å². The number of rotatable bonds is 5. The van der Waals surface area contributed by atoms with Crippen LogP contribution in [0.2, 0.25) is 0 Å². The van der Waals surface area contributed by atoms with E-state index >= 15 is 0 Å². The molecule has 1 aliphatic rings. The average Bonchev–Trinajstić information content (AvgIpc) is 2.67. The lowest BCUT2D eigenvalue weighted by atomic mass is 10.0. The van der Waals surface area contributed by atoms with Gasteiger partial charge in [-0.2, -0.15) is 0 Å². The van der Waals surface area contributed by atoms with Gasteiger partial charge in [-0.1, -0.05) is 42.5 Å². The molecule has 1 aliphatic heterocycles. The van der Waals surface area contributed by atoms with Gasteiger partial charge in [-0.25, -0.2) is 4.79 Å². The summed E-state index contributed by atoms with van der Waals surface area (Å²) in [6, 6.07) is 14.4. The number of amides is 3. The largest absolute Gasteiger partial charge is 0.481 e. The SMILES string of the molecule is O=C(O)Cc1ccccc1NC(=O)CNC(=O)N1CCc2ccccc2C1. The van der Waals surface area contributed by atoms with Gasteiger partial charge in [0.1, 0.15) is 0 Å². The Bertz CT molecular complexity index is 866. The molecule has 0 fully saturated rings. The Hall–Kier alpha value is -3.35. The van der Waals surface area contributed by atoms with Crippen LogP contribution < -0.4 is 10.6 Å². The van der Waals surface area contributed by atoms with E-state index in [9.17, 15) is 14.4 Å². The Morgan fingerprint density at radius 3 is 2.48 bits per heavy atom. The first-order valence-electron chi connectivity index (χ1n) is 8.72. The molecule has 0 saturated carbocycles. The lowest BCUT2D eigenvalue weighted by molar-refractivity contribution is -0.136. The first-order valence-corrected chi connectivity index (χ1v) is 8.72. The highest BCUT2D eigenvalue weighted by Gasteiger charge is 2.20.